The summed E-state index contributed by atoms with van der Waals surface area (Å²) >= 11 is 6.25. The smallest absolute Gasteiger partial charge is 0.338 e. The maximum atomic E-state index is 12.6. The maximum Gasteiger partial charge on any atom is 0.338 e. The lowest BCUT2D eigenvalue weighted by Gasteiger charge is -2.38. The van der Waals surface area contributed by atoms with Crippen molar-refractivity contribution < 1.29 is 32.9 Å². The summed E-state index contributed by atoms with van der Waals surface area (Å²) in [6, 6.07) is 9.76. The molecule has 1 aromatic heterocycles. The van der Waals surface area contributed by atoms with Crippen LogP contribution in [0.5, 0.6) is 17.2 Å². The number of rotatable bonds is 9. The van der Waals surface area contributed by atoms with E-state index in [2.05, 4.69) is 0 Å². The number of halogens is 1. The molecule has 1 aliphatic rings. The third-order valence-electron chi connectivity index (χ3n) is 5.87. The van der Waals surface area contributed by atoms with Crippen LogP contribution in [0.1, 0.15) is 19.3 Å². The van der Waals surface area contributed by atoms with E-state index in [-0.39, 0.29) is 24.6 Å². The molecule has 34 heavy (non-hydrogen) atoms. The van der Waals surface area contributed by atoms with Crippen molar-refractivity contribution >= 4 is 28.5 Å². The first-order valence-electron chi connectivity index (χ1n) is 10.8. The predicted molar refractivity (Wildman–Crippen MR) is 126 cm³/mol. The molecule has 180 valence electrons. The minimum Gasteiger partial charge on any atom is -0.493 e. The van der Waals surface area contributed by atoms with Crippen LogP contribution < -0.4 is 19.6 Å². The van der Waals surface area contributed by atoms with Gasteiger partial charge in [0, 0.05) is 11.6 Å². The number of para-hydroxylation sites is 1. The van der Waals surface area contributed by atoms with Crippen molar-refractivity contribution in [3.05, 3.63) is 51.6 Å². The van der Waals surface area contributed by atoms with Crippen molar-refractivity contribution in [2.45, 2.75) is 24.9 Å². The molecule has 2 aromatic carbocycles. The molecule has 0 radical (unpaired) electrons. The molecule has 3 aromatic rings. The van der Waals surface area contributed by atoms with E-state index < -0.39 is 5.60 Å². The number of benzene rings is 2. The minimum atomic E-state index is -0.893. The summed E-state index contributed by atoms with van der Waals surface area (Å²) in [4.78, 5) is 24.7. The molecule has 1 heterocycles. The van der Waals surface area contributed by atoms with Gasteiger partial charge in [0.1, 0.15) is 12.4 Å². The molecule has 1 fully saturated rings. The van der Waals surface area contributed by atoms with Gasteiger partial charge in [-0.2, -0.15) is 0 Å². The lowest BCUT2D eigenvalue weighted by Crippen LogP contribution is -2.49. The molecule has 0 saturated heterocycles. The van der Waals surface area contributed by atoms with Crippen LogP contribution in [-0.2, 0) is 14.3 Å². The normalized spacial score (nSPS) is 14.4. The van der Waals surface area contributed by atoms with Crippen LogP contribution in [0.3, 0.4) is 0 Å². The van der Waals surface area contributed by atoms with Gasteiger partial charge < -0.3 is 28.1 Å². The van der Waals surface area contributed by atoms with E-state index in [4.69, 9.17) is 39.7 Å². The highest BCUT2D eigenvalue weighted by Gasteiger charge is 2.46. The lowest BCUT2D eigenvalue weighted by atomic mass is 9.80. The molecule has 8 nitrogen and oxygen atoms in total. The summed E-state index contributed by atoms with van der Waals surface area (Å²) < 4.78 is 33.5. The Balaban J connectivity index is 1.61. The number of carbonyl (C=O) groups excluding carboxylic acids is 1. The Morgan fingerprint density at radius 2 is 1.82 bits per heavy atom. The van der Waals surface area contributed by atoms with Gasteiger partial charge in [-0.3, -0.25) is 4.79 Å². The highest BCUT2D eigenvalue weighted by molar-refractivity contribution is 6.34. The fourth-order valence-corrected chi connectivity index (χ4v) is 4.16. The SMILES string of the molecule is COC(=O)C1(OCCOc2cc(-c3cc(=O)c4cccc(Cl)c4o3)cc(OC)c2OC)CCC1. The van der Waals surface area contributed by atoms with Gasteiger partial charge in [0.2, 0.25) is 5.75 Å². The van der Waals surface area contributed by atoms with Crippen molar-refractivity contribution in [3.8, 4) is 28.6 Å². The van der Waals surface area contributed by atoms with Crippen LogP contribution in [0, 0.1) is 0 Å². The third kappa shape index (κ3) is 4.43. The second-order valence-corrected chi connectivity index (χ2v) is 8.24. The number of ether oxygens (including phenoxy) is 5. The molecule has 9 heteroatoms. The zero-order chi connectivity index (χ0) is 24.3. The number of carbonyl (C=O) groups is 1. The highest BCUT2D eigenvalue weighted by atomic mass is 35.5. The third-order valence-corrected chi connectivity index (χ3v) is 6.17. The van der Waals surface area contributed by atoms with Crippen molar-refractivity contribution in [1.29, 1.82) is 0 Å². The fourth-order valence-electron chi connectivity index (χ4n) is 3.94. The molecule has 0 amide bonds. The van der Waals surface area contributed by atoms with Crippen molar-refractivity contribution in [2.75, 3.05) is 34.5 Å². The number of hydrogen-bond donors (Lipinski definition) is 0. The van der Waals surface area contributed by atoms with Crippen LogP contribution in [-0.4, -0.2) is 46.1 Å². The number of fused-ring (bicyclic) bond motifs is 1. The van der Waals surface area contributed by atoms with Gasteiger partial charge in [0.05, 0.1) is 38.3 Å². The van der Waals surface area contributed by atoms with Crippen LogP contribution in [0.15, 0.2) is 45.6 Å². The Kier molecular flexibility index (Phi) is 7.00. The summed E-state index contributed by atoms with van der Waals surface area (Å²) in [5, 5.41) is 0.724. The first-order valence-corrected chi connectivity index (χ1v) is 11.1. The van der Waals surface area contributed by atoms with Gasteiger partial charge in [0.25, 0.3) is 0 Å². The van der Waals surface area contributed by atoms with Crippen LogP contribution in [0.4, 0.5) is 0 Å². The van der Waals surface area contributed by atoms with Gasteiger partial charge >= 0.3 is 5.97 Å². The molecule has 0 bridgehead atoms. The van der Waals surface area contributed by atoms with E-state index in [1.54, 1.807) is 30.3 Å². The summed E-state index contributed by atoms with van der Waals surface area (Å²) in [5.41, 5.74) is -0.281. The predicted octanol–water partition coefficient (Wildman–Crippen LogP) is 4.62. The topological polar surface area (TPSA) is 93.4 Å². The second-order valence-electron chi connectivity index (χ2n) is 7.84. The average molecular weight is 489 g/mol. The maximum absolute atomic E-state index is 12.6. The molecule has 1 saturated carbocycles. The van der Waals surface area contributed by atoms with E-state index in [9.17, 15) is 9.59 Å². The van der Waals surface area contributed by atoms with E-state index in [1.165, 1.54) is 27.4 Å². The summed E-state index contributed by atoms with van der Waals surface area (Å²) in [6.45, 7) is 0.320. The number of methoxy groups -OCH3 is 3. The van der Waals surface area contributed by atoms with Gasteiger partial charge in [-0.25, -0.2) is 4.79 Å². The minimum absolute atomic E-state index is 0.148. The Morgan fingerprint density at radius 3 is 2.47 bits per heavy atom. The monoisotopic (exact) mass is 488 g/mol. The van der Waals surface area contributed by atoms with Gasteiger partial charge in [-0.05, 0) is 43.5 Å². The molecule has 0 unspecified atom stereocenters. The summed E-state index contributed by atoms with van der Waals surface area (Å²) in [7, 11) is 4.35. The van der Waals surface area contributed by atoms with Crippen molar-refractivity contribution in [2.24, 2.45) is 0 Å². The molecule has 0 atom stereocenters. The first kappa shape index (κ1) is 23.9. The second kappa shape index (κ2) is 9.95. The lowest BCUT2D eigenvalue weighted by molar-refractivity contribution is -0.183. The quantitative estimate of drug-likeness (QED) is 0.318. The van der Waals surface area contributed by atoms with Crippen molar-refractivity contribution in [1.82, 2.24) is 0 Å². The number of esters is 1. The van der Waals surface area contributed by atoms with Crippen LogP contribution >= 0.6 is 11.6 Å². The summed E-state index contributed by atoms with van der Waals surface area (Å²) in [6.07, 6.45) is 2.15. The van der Waals surface area contributed by atoms with E-state index in [0.717, 1.165) is 6.42 Å². The summed E-state index contributed by atoms with van der Waals surface area (Å²) in [5.74, 6) is 1.06. The Hall–Kier alpha value is -3.23. The van der Waals surface area contributed by atoms with Crippen LogP contribution in [0.2, 0.25) is 5.02 Å². The van der Waals surface area contributed by atoms with E-state index in [1.807, 2.05) is 0 Å². The molecule has 1 aliphatic carbocycles. The molecule has 0 spiro atoms. The average Bonchev–Trinajstić information content (AvgIpc) is 2.82. The Morgan fingerprint density at radius 1 is 1.06 bits per heavy atom. The van der Waals surface area contributed by atoms with E-state index >= 15 is 0 Å². The zero-order valence-corrected chi connectivity index (χ0v) is 19.9. The standard InChI is InChI=1S/C25H25ClO8/c1-29-20-12-15(19-14-18(27)16-6-4-7-17(26)22(16)34-19)13-21(23(20)30-2)32-10-11-33-25(8-5-9-25)24(28)31-3/h4,6-7,12-14H,5,8-11H2,1-3H3. The molecule has 0 N–H and O–H groups in total. The Bertz CT molecular complexity index is 1260. The van der Waals surface area contributed by atoms with E-state index in [0.29, 0.717) is 57.4 Å². The molecular weight excluding hydrogens is 464 g/mol. The van der Waals surface area contributed by atoms with Gasteiger partial charge in [-0.1, -0.05) is 17.7 Å². The molecule has 4 rings (SSSR count). The van der Waals surface area contributed by atoms with Gasteiger partial charge in [-0.15, -0.1) is 0 Å². The Labute approximate surface area is 201 Å². The zero-order valence-electron chi connectivity index (χ0n) is 19.1. The molecular formula is C25H25ClO8. The number of hydrogen-bond acceptors (Lipinski definition) is 8. The molecule has 0 aliphatic heterocycles. The van der Waals surface area contributed by atoms with Crippen molar-refractivity contribution in [3.63, 3.8) is 0 Å². The fraction of sp³-hybridized carbons (Fsp3) is 0.360. The van der Waals surface area contributed by atoms with Crippen LogP contribution in [0.25, 0.3) is 22.3 Å². The first-order chi connectivity index (χ1) is 16.4. The highest BCUT2D eigenvalue weighted by Crippen LogP contribution is 2.42. The van der Waals surface area contributed by atoms with Gasteiger partial charge in [0.15, 0.2) is 28.1 Å². The largest absolute Gasteiger partial charge is 0.493 e.